The van der Waals surface area contributed by atoms with E-state index in [1.807, 2.05) is 6.07 Å². The highest BCUT2D eigenvalue weighted by Gasteiger charge is 2.70. The molecule has 2 saturated carbocycles. The lowest BCUT2D eigenvalue weighted by atomic mass is 9.89. The van der Waals surface area contributed by atoms with E-state index in [1.165, 1.54) is 6.07 Å². The number of amides is 1. The fraction of sp³-hybridized carbons (Fsp3) is 0.583. The van der Waals surface area contributed by atoms with Crippen LogP contribution in [0.3, 0.4) is 0 Å². The minimum absolute atomic E-state index is 0.176. The molecule has 2 aliphatic carbocycles. The first kappa shape index (κ1) is 19.0. The first-order valence-electron chi connectivity index (χ1n) is 10.9. The van der Waals surface area contributed by atoms with Crippen LogP contribution in [0.4, 0.5) is 4.39 Å². The normalized spacial score (nSPS) is 33.6. The summed E-state index contributed by atoms with van der Waals surface area (Å²) in [6.45, 7) is 6.33. The van der Waals surface area contributed by atoms with E-state index in [-0.39, 0.29) is 29.5 Å². The summed E-state index contributed by atoms with van der Waals surface area (Å²) in [4.78, 5) is 16.8. The molecule has 6 atom stereocenters. The Bertz CT molecular complexity index is 961. The smallest absolute Gasteiger partial charge is 0.220 e. The zero-order valence-corrected chi connectivity index (χ0v) is 17.3. The van der Waals surface area contributed by atoms with Crippen LogP contribution in [-0.4, -0.2) is 23.0 Å². The Morgan fingerprint density at radius 1 is 1.31 bits per heavy atom. The average molecular weight is 397 g/mol. The van der Waals surface area contributed by atoms with Gasteiger partial charge in [0, 0.05) is 24.0 Å². The Morgan fingerprint density at radius 3 is 2.90 bits per heavy atom. The van der Waals surface area contributed by atoms with E-state index >= 15 is 0 Å². The summed E-state index contributed by atoms with van der Waals surface area (Å²) in [5, 5.41) is 4.01. The maximum Gasteiger partial charge on any atom is 0.220 e. The van der Waals surface area contributed by atoms with Gasteiger partial charge in [-0.3, -0.25) is 9.78 Å². The van der Waals surface area contributed by atoms with Crippen LogP contribution in [0, 0.1) is 29.5 Å². The molecule has 0 radical (unpaired) electrons. The molecule has 1 N–H and O–H groups in total. The molecule has 2 aromatic rings. The predicted molar refractivity (Wildman–Crippen MR) is 110 cm³/mol. The van der Waals surface area contributed by atoms with Gasteiger partial charge in [-0.05, 0) is 79.7 Å². The van der Waals surface area contributed by atoms with Gasteiger partial charge in [0.05, 0.1) is 11.6 Å². The molecule has 3 unspecified atom stereocenters. The molecule has 5 heteroatoms. The number of rotatable bonds is 5. The lowest BCUT2D eigenvalue weighted by Gasteiger charge is -2.19. The van der Waals surface area contributed by atoms with Gasteiger partial charge in [0.25, 0.3) is 0 Å². The fourth-order valence-corrected chi connectivity index (χ4v) is 5.78. The van der Waals surface area contributed by atoms with E-state index in [2.05, 4.69) is 31.1 Å². The second-order valence-corrected chi connectivity index (χ2v) is 9.72. The number of ether oxygens (including phenoxy) is 1. The van der Waals surface area contributed by atoms with Crippen LogP contribution >= 0.6 is 0 Å². The summed E-state index contributed by atoms with van der Waals surface area (Å²) in [5.41, 5.74) is 1.63. The molecule has 154 valence electrons. The molecule has 0 spiro atoms. The maximum atomic E-state index is 13.9. The molecule has 5 rings (SSSR count). The number of nitrogens with zero attached hydrogens (tertiary/aromatic N) is 1. The Morgan fingerprint density at radius 2 is 2.14 bits per heavy atom. The Kier molecular flexibility index (Phi) is 4.43. The van der Waals surface area contributed by atoms with Gasteiger partial charge in [0.15, 0.2) is 0 Å². The number of carbonyl (C=O) groups excluding carboxylic acids is 1. The molecule has 1 amide bonds. The van der Waals surface area contributed by atoms with Crippen LogP contribution in [0.15, 0.2) is 30.5 Å². The highest BCUT2D eigenvalue weighted by molar-refractivity contribution is 5.83. The number of nitrogens with one attached hydrogen (secondary N) is 1. The van der Waals surface area contributed by atoms with Crippen LogP contribution in [-0.2, 0) is 15.1 Å². The van der Waals surface area contributed by atoms with E-state index in [0.29, 0.717) is 30.1 Å². The van der Waals surface area contributed by atoms with Gasteiger partial charge in [-0.2, -0.15) is 0 Å². The molecular formula is C24H29FN2O2. The summed E-state index contributed by atoms with van der Waals surface area (Å²) < 4.78 is 20.2. The summed E-state index contributed by atoms with van der Waals surface area (Å²) in [6, 6.07) is 7.00. The fourth-order valence-electron chi connectivity index (χ4n) is 5.78. The van der Waals surface area contributed by atoms with Gasteiger partial charge in [-0.15, -0.1) is 0 Å². The van der Waals surface area contributed by atoms with Gasteiger partial charge in [0.2, 0.25) is 5.91 Å². The standard InChI is InChI=1S/C24H29FN2O2/c1-13(2)14(3)27-22(28)10-15-8-16-12-24(23(29-24)18(16)9-15)20-6-7-26-21-5-4-17(25)11-19(20)21/h4-7,11,13-16,18,23H,8-10,12H2,1-3H3,(H,27,28)/t14?,15-,16-,18-,23?,24?/m1/s1. The number of epoxide rings is 1. The van der Waals surface area contributed by atoms with Crippen molar-refractivity contribution in [3.05, 3.63) is 41.8 Å². The van der Waals surface area contributed by atoms with Crippen molar-refractivity contribution in [1.29, 1.82) is 0 Å². The molecule has 2 heterocycles. The number of hydrogen-bond donors (Lipinski definition) is 1. The highest BCUT2D eigenvalue weighted by Crippen LogP contribution is 2.67. The molecule has 3 fully saturated rings. The van der Waals surface area contributed by atoms with Crippen LogP contribution in [0.1, 0.15) is 52.0 Å². The SMILES string of the molecule is CC(C)C(C)NC(=O)C[C@@H]1C[C@@H]2CC3(c4ccnc5ccc(F)cc45)OC3[C@@H]2C1. The molecule has 4 nitrogen and oxygen atoms in total. The zero-order chi connectivity index (χ0) is 20.3. The van der Waals surface area contributed by atoms with Crippen molar-refractivity contribution < 1.29 is 13.9 Å². The molecule has 1 saturated heterocycles. The third kappa shape index (κ3) is 3.14. The minimum Gasteiger partial charge on any atom is -0.361 e. The van der Waals surface area contributed by atoms with Crippen LogP contribution < -0.4 is 5.32 Å². The number of carbonyl (C=O) groups is 1. The first-order chi connectivity index (χ1) is 13.9. The third-order valence-electron chi connectivity index (χ3n) is 7.56. The van der Waals surface area contributed by atoms with Gasteiger partial charge in [-0.25, -0.2) is 4.39 Å². The highest BCUT2D eigenvalue weighted by atomic mass is 19.1. The van der Waals surface area contributed by atoms with Crippen LogP contribution in [0.2, 0.25) is 0 Å². The lowest BCUT2D eigenvalue weighted by Crippen LogP contribution is -2.36. The molecule has 1 aliphatic heterocycles. The minimum atomic E-state index is -0.274. The van der Waals surface area contributed by atoms with E-state index in [0.717, 1.165) is 35.7 Å². The summed E-state index contributed by atoms with van der Waals surface area (Å²) in [7, 11) is 0. The van der Waals surface area contributed by atoms with Crippen molar-refractivity contribution in [3.63, 3.8) is 0 Å². The largest absolute Gasteiger partial charge is 0.361 e. The van der Waals surface area contributed by atoms with E-state index in [4.69, 9.17) is 4.74 Å². The lowest BCUT2D eigenvalue weighted by molar-refractivity contribution is -0.122. The van der Waals surface area contributed by atoms with Gasteiger partial charge < -0.3 is 10.1 Å². The number of aromatic nitrogens is 1. The second kappa shape index (κ2) is 6.76. The van der Waals surface area contributed by atoms with Crippen LogP contribution in [0.5, 0.6) is 0 Å². The van der Waals surface area contributed by atoms with Crippen molar-refractivity contribution in [1.82, 2.24) is 10.3 Å². The Labute approximate surface area is 171 Å². The van der Waals surface area contributed by atoms with Gasteiger partial charge in [-0.1, -0.05) is 13.8 Å². The monoisotopic (exact) mass is 396 g/mol. The summed E-state index contributed by atoms with van der Waals surface area (Å²) in [5.74, 6) is 1.92. The maximum absolute atomic E-state index is 13.9. The van der Waals surface area contributed by atoms with E-state index in [1.54, 1.807) is 18.3 Å². The molecule has 3 aliphatic rings. The second-order valence-electron chi connectivity index (χ2n) is 9.72. The number of fused-ring (bicyclic) bond motifs is 4. The number of halogens is 1. The van der Waals surface area contributed by atoms with Crippen molar-refractivity contribution >= 4 is 16.8 Å². The quantitative estimate of drug-likeness (QED) is 0.754. The Balaban J connectivity index is 1.29. The van der Waals surface area contributed by atoms with Crippen LogP contribution in [0.25, 0.3) is 10.9 Å². The average Bonchev–Trinajstić information content (AvgIpc) is 3.12. The topological polar surface area (TPSA) is 54.5 Å². The predicted octanol–water partition coefficient (Wildman–Crippen LogP) is 4.56. The van der Waals surface area contributed by atoms with E-state index in [9.17, 15) is 9.18 Å². The zero-order valence-electron chi connectivity index (χ0n) is 17.3. The van der Waals surface area contributed by atoms with Crippen molar-refractivity contribution in [3.8, 4) is 0 Å². The van der Waals surface area contributed by atoms with Gasteiger partial charge in [0.1, 0.15) is 11.4 Å². The molecule has 0 bridgehead atoms. The summed E-state index contributed by atoms with van der Waals surface area (Å²) in [6.07, 6.45) is 5.74. The number of pyridine rings is 1. The molecule has 1 aromatic heterocycles. The van der Waals surface area contributed by atoms with Gasteiger partial charge >= 0.3 is 0 Å². The Hall–Kier alpha value is -2.01. The molecule has 1 aromatic carbocycles. The number of benzene rings is 1. The summed E-state index contributed by atoms with van der Waals surface area (Å²) >= 11 is 0. The van der Waals surface area contributed by atoms with E-state index < -0.39 is 0 Å². The third-order valence-corrected chi connectivity index (χ3v) is 7.56. The van der Waals surface area contributed by atoms with Crippen molar-refractivity contribution in [2.45, 2.75) is 64.2 Å². The molecule has 29 heavy (non-hydrogen) atoms. The number of hydrogen-bond acceptors (Lipinski definition) is 3. The van der Waals surface area contributed by atoms with Crippen molar-refractivity contribution in [2.24, 2.45) is 23.7 Å². The molecular weight excluding hydrogens is 367 g/mol. The first-order valence-corrected chi connectivity index (χ1v) is 10.9. The van der Waals surface area contributed by atoms with Crippen molar-refractivity contribution in [2.75, 3.05) is 0 Å².